The van der Waals surface area contributed by atoms with Gasteiger partial charge in [0.15, 0.2) is 0 Å². The molecule has 0 unspecified atom stereocenters. The number of thioether (sulfide) groups is 1. The molecule has 5 nitrogen and oxygen atoms in total. The lowest BCUT2D eigenvalue weighted by molar-refractivity contribution is -0.123. The predicted molar refractivity (Wildman–Crippen MR) is 144 cm³/mol. The summed E-state index contributed by atoms with van der Waals surface area (Å²) >= 11 is 1.36. The number of carbonyl (C=O) groups excluding carboxylic acids is 1. The minimum absolute atomic E-state index is 0.0712. The van der Waals surface area contributed by atoms with Gasteiger partial charge in [-0.15, -0.1) is 18.2 Å². The van der Waals surface area contributed by atoms with Crippen LogP contribution in [0.5, 0.6) is 5.75 Å². The molecule has 4 aromatic rings. The first-order valence-electron chi connectivity index (χ1n) is 11.6. The van der Waals surface area contributed by atoms with Crippen LogP contribution in [-0.4, -0.2) is 32.1 Å². The molecule has 1 saturated heterocycles. The molecule has 1 aromatic heterocycles. The minimum atomic E-state index is -0.834. The number of aromatic hydroxyl groups is 1. The number of β-lactam (4-membered cyclic amide) rings is 1. The van der Waals surface area contributed by atoms with Crippen LogP contribution in [0.15, 0.2) is 91.3 Å². The zero-order valence-electron chi connectivity index (χ0n) is 19.7. The van der Waals surface area contributed by atoms with Crippen LogP contribution in [0, 0.1) is 18.2 Å². The number of nitrogens with zero attached hydrogens (tertiary/aromatic N) is 2. The van der Waals surface area contributed by atoms with E-state index in [9.17, 15) is 19.4 Å². The van der Waals surface area contributed by atoms with E-state index in [4.69, 9.17) is 6.42 Å². The third-order valence-corrected chi connectivity index (χ3v) is 7.68. The number of aliphatic hydroxyl groups is 1. The van der Waals surface area contributed by atoms with Crippen LogP contribution in [0.1, 0.15) is 28.8 Å². The van der Waals surface area contributed by atoms with Crippen molar-refractivity contribution in [2.45, 2.75) is 17.4 Å². The smallest absolute Gasteiger partial charge is 0.243 e. The van der Waals surface area contributed by atoms with Crippen LogP contribution in [0.4, 0.5) is 10.1 Å². The zero-order valence-corrected chi connectivity index (χ0v) is 20.5. The first-order chi connectivity index (χ1) is 17.9. The summed E-state index contributed by atoms with van der Waals surface area (Å²) in [6.07, 6.45) is 8.03. The van der Waals surface area contributed by atoms with E-state index in [1.54, 1.807) is 53.7 Å². The Labute approximate surface area is 218 Å². The largest absolute Gasteiger partial charge is 0.508 e. The fourth-order valence-electron chi connectivity index (χ4n) is 4.38. The second kappa shape index (κ2) is 10.5. The third-order valence-electron chi connectivity index (χ3n) is 6.35. The number of aromatic nitrogens is 1. The Bertz CT molecular complexity index is 1450. The molecule has 2 N–H and O–H groups in total. The van der Waals surface area contributed by atoms with Crippen molar-refractivity contribution in [1.82, 2.24) is 4.98 Å². The molecule has 1 amide bonds. The Morgan fingerprint density at radius 1 is 1.00 bits per heavy atom. The SMILES string of the molecule is C#Cc1cncc(-c2ccc(N3C(=O)[C@H](SC[C@H](O)c4ccc(F)cc4)[C@H]3c3ccc(O)cc3)cc2)c1. The van der Waals surface area contributed by atoms with Gasteiger partial charge in [0.2, 0.25) is 5.91 Å². The fourth-order valence-corrected chi connectivity index (χ4v) is 5.67. The van der Waals surface area contributed by atoms with Crippen LogP contribution < -0.4 is 4.90 Å². The maximum atomic E-state index is 13.3. The molecule has 184 valence electrons. The topological polar surface area (TPSA) is 73.7 Å². The Balaban J connectivity index is 1.38. The summed E-state index contributed by atoms with van der Waals surface area (Å²) in [4.78, 5) is 19.3. The number of carbonyl (C=O) groups is 1. The van der Waals surface area contributed by atoms with Gasteiger partial charge in [0.25, 0.3) is 0 Å². The molecule has 3 atom stereocenters. The first kappa shape index (κ1) is 24.6. The highest BCUT2D eigenvalue weighted by molar-refractivity contribution is 8.00. The number of phenols is 1. The summed E-state index contributed by atoms with van der Waals surface area (Å²) in [6, 6.07) is 21.7. The van der Waals surface area contributed by atoms with E-state index in [0.717, 1.165) is 22.4 Å². The monoisotopic (exact) mass is 510 g/mol. The molecule has 3 aromatic carbocycles. The number of halogens is 1. The molecule has 1 aliphatic rings. The second-order valence-corrected chi connectivity index (χ2v) is 9.89. The number of pyridine rings is 1. The van der Waals surface area contributed by atoms with Crippen molar-refractivity contribution in [1.29, 1.82) is 0 Å². The van der Waals surface area contributed by atoms with Crippen molar-refractivity contribution in [3.8, 4) is 29.2 Å². The van der Waals surface area contributed by atoms with Crippen molar-refractivity contribution in [3.63, 3.8) is 0 Å². The molecule has 0 aliphatic carbocycles. The van der Waals surface area contributed by atoms with Gasteiger partial charge in [-0.2, -0.15) is 0 Å². The quantitative estimate of drug-likeness (QED) is 0.254. The highest BCUT2D eigenvalue weighted by atomic mass is 32.2. The molecular weight excluding hydrogens is 487 g/mol. The van der Waals surface area contributed by atoms with Gasteiger partial charge in [0, 0.05) is 35.0 Å². The molecule has 5 rings (SSSR count). The van der Waals surface area contributed by atoms with Crippen LogP contribution in [0.2, 0.25) is 0 Å². The highest BCUT2D eigenvalue weighted by Crippen LogP contribution is 2.46. The zero-order chi connectivity index (χ0) is 25.9. The summed E-state index contributed by atoms with van der Waals surface area (Å²) in [6.45, 7) is 0. The summed E-state index contributed by atoms with van der Waals surface area (Å²) in [5, 5.41) is 19.9. The van der Waals surface area contributed by atoms with E-state index in [1.807, 2.05) is 30.3 Å². The first-order valence-corrected chi connectivity index (χ1v) is 12.7. The van der Waals surface area contributed by atoms with E-state index in [1.165, 1.54) is 23.9 Å². The van der Waals surface area contributed by atoms with Gasteiger partial charge in [0.1, 0.15) is 16.8 Å². The Morgan fingerprint density at radius 3 is 2.38 bits per heavy atom. The number of rotatable bonds is 7. The van der Waals surface area contributed by atoms with Crippen LogP contribution in [0.25, 0.3) is 11.1 Å². The van der Waals surface area contributed by atoms with Crippen LogP contribution in [0.3, 0.4) is 0 Å². The van der Waals surface area contributed by atoms with E-state index < -0.39 is 11.4 Å². The average molecular weight is 511 g/mol. The number of hydrogen-bond donors (Lipinski definition) is 2. The van der Waals surface area contributed by atoms with Gasteiger partial charge in [-0.1, -0.05) is 42.3 Å². The van der Waals surface area contributed by atoms with Gasteiger partial charge in [0.05, 0.1) is 12.1 Å². The number of hydrogen-bond acceptors (Lipinski definition) is 5. The second-order valence-electron chi connectivity index (χ2n) is 8.72. The Kier molecular flexibility index (Phi) is 6.95. The average Bonchev–Trinajstić information content (AvgIpc) is 2.93. The molecule has 37 heavy (non-hydrogen) atoms. The lowest BCUT2D eigenvalue weighted by Gasteiger charge is -2.47. The molecule has 1 aliphatic heterocycles. The molecular formula is C30H23FN2O3S. The third kappa shape index (κ3) is 5.08. The van der Waals surface area contributed by atoms with E-state index >= 15 is 0 Å². The number of phenolic OH excluding ortho intramolecular Hbond substituents is 1. The molecule has 7 heteroatoms. The number of benzene rings is 3. The van der Waals surface area contributed by atoms with Crippen molar-refractivity contribution < 1.29 is 19.4 Å². The molecule has 0 saturated carbocycles. The summed E-state index contributed by atoms with van der Waals surface area (Å²) < 4.78 is 13.2. The van der Waals surface area contributed by atoms with Gasteiger partial charge in [-0.3, -0.25) is 9.78 Å². The van der Waals surface area contributed by atoms with Crippen LogP contribution >= 0.6 is 11.8 Å². The fraction of sp³-hybridized carbons (Fsp3) is 0.133. The molecule has 0 bridgehead atoms. The van der Waals surface area contributed by atoms with E-state index in [0.29, 0.717) is 11.1 Å². The number of aliphatic hydroxyl groups excluding tert-OH is 1. The standard InChI is InChI=1S/C30H23FN2O3S/c1-2-19-15-23(17-32-16-19)20-5-11-25(12-6-20)33-28(22-7-13-26(34)14-8-22)29(30(33)36)37-18-27(35)21-3-9-24(31)10-4-21/h1,3-17,27-29,34-35H,18H2/t27-,28+,29+/m0/s1. The molecule has 1 fully saturated rings. The summed E-state index contributed by atoms with van der Waals surface area (Å²) in [7, 11) is 0. The lowest BCUT2D eigenvalue weighted by Crippen LogP contribution is -2.57. The lowest BCUT2D eigenvalue weighted by atomic mass is 9.92. The molecule has 2 heterocycles. The normalized spacial score (nSPS) is 17.6. The summed E-state index contributed by atoms with van der Waals surface area (Å²) in [5.41, 5.74) is 4.71. The molecule has 0 radical (unpaired) electrons. The number of anilines is 1. The predicted octanol–water partition coefficient (Wildman–Crippen LogP) is 5.50. The van der Waals surface area contributed by atoms with Crippen molar-refractivity contribution >= 4 is 23.4 Å². The van der Waals surface area contributed by atoms with Crippen LogP contribution in [-0.2, 0) is 4.79 Å². The van der Waals surface area contributed by atoms with Gasteiger partial charge in [-0.05, 0) is 59.2 Å². The van der Waals surface area contributed by atoms with Crippen molar-refractivity contribution in [3.05, 3.63) is 114 Å². The van der Waals surface area contributed by atoms with Gasteiger partial charge >= 0.3 is 0 Å². The van der Waals surface area contributed by atoms with Crippen molar-refractivity contribution in [2.24, 2.45) is 0 Å². The maximum absolute atomic E-state index is 13.3. The Morgan fingerprint density at radius 2 is 1.70 bits per heavy atom. The number of amides is 1. The Hall–Kier alpha value is -4.12. The van der Waals surface area contributed by atoms with Gasteiger partial charge < -0.3 is 15.1 Å². The van der Waals surface area contributed by atoms with E-state index in [-0.39, 0.29) is 29.3 Å². The summed E-state index contributed by atoms with van der Waals surface area (Å²) in [5.74, 6) is 2.57. The van der Waals surface area contributed by atoms with Crippen molar-refractivity contribution in [2.75, 3.05) is 10.7 Å². The number of terminal acetylenes is 1. The van der Waals surface area contributed by atoms with E-state index in [2.05, 4.69) is 10.9 Å². The highest BCUT2D eigenvalue weighted by Gasteiger charge is 2.49. The molecule has 0 spiro atoms. The minimum Gasteiger partial charge on any atom is -0.508 e. The van der Waals surface area contributed by atoms with Gasteiger partial charge in [-0.25, -0.2) is 4.39 Å². The maximum Gasteiger partial charge on any atom is 0.243 e.